The van der Waals surface area contributed by atoms with Crippen molar-refractivity contribution < 1.29 is 28.2 Å². The number of halogens is 2. The molecule has 130 valence electrons. The number of hydrogen-bond donors (Lipinski definition) is 1. The number of ether oxygens (including phenoxy) is 1. The molecule has 2 atom stereocenters. The molecule has 0 aromatic heterocycles. The van der Waals surface area contributed by atoms with Crippen LogP contribution in [0.4, 0.5) is 8.78 Å². The van der Waals surface area contributed by atoms with Gasteiger partial charge in [0.05, 0.1) is 18.1 Å². The number of nitrogens with zero attached hydrogens (tertiary/aromatic N) is 1. The summed E-state index contributed by atoms with van der Waals surface area (Å²) in [4.78, 5) is 25.7. The minimum Gasteiger partial charge on any atom is -0.479 e. The average Bonchev–Trinajstić information content (AvgIpc) is 2.47. The third-order valence-corrected chi connectivity index (χ3v) is 4.89. The summed E-state index contributed by atoms with van der Waals surface area (Å²) in [7, 11) is 0. The SMILES string of the molecule is C[C@@H]1CN(C(=O)C2(c3ccc(F)cc3F)CCC2)CC(C(=O)O)O1. The molecule has 1 aromatic carbocycles. The normalized spacial score (nSPS) is 25.9. The van der Waals surface area contributed by atoms with Crippen molar-refractivity contribution in [2.45, 2.75) is 43.8 Å². The monoisotopic (exact) mass is 339 g/mol. The summed E-state index contributed by atoms with van der Waals surface area (Å²) in [6.07, 6.45) is 0.201. The van der Waals surface area contributed by atoms with Crippen LogP contribution in [0.25, 0.3) is 0 Å². The van der Waals surface area contributed by atoms with Crippen molar-refractivity contribution in [3.8, 4) is 0 Å². The van der Waals surface area contributed by atoms with Crippen molar-refractivity contribution in [3.05, 3.63) is 35.4 Å². The zero-order chi connectivity index (χ0) is 17.5. The predicted molar refractivity (Wildman–Crippen MR) is 80.4 cm³/mol. The van der Waals surface area contributed by atoms with Crippen molar-refractivity contribution in [1.82, 2.24) is 4.90 Å². The van der Waals surface area contributed by atoms with Gasteiger partial charge in [0, 0.05) is 18.2 Å². The molecule has 1 aliphatic carbocycles. The van der Waals surface area contributed by atoms with Gasteiger partial charge in [-0.15, -0.1) is 0 Å². The Morgan fingerprint density at radius 3 is 2.54 bits per heavy atom. The van der Waals surface area contributed by atoms with Crippen LogP contribution in [0, 0.1) is 11.6 Å². The first-order valence-corrected chi connectivity index (χ1v) is 7.96. The number of morpholine rings is 1. The van der Waals surface area contributed by atoms with Gasteiger partial charge in [0.15, 0.2) is 6.10 Å². The van der Waals surface area contributed by atoms with Crippen LogP contribution in [-0.2, 0) is 19.7 Å². The molecule has 1 amide bonds. The number of carboxylic acids is 1. The first-order chi connectivity index (χ1) is 11.3. The van der Waals surface area contributed by atoms with Crippen LogP contribution in [0.5, 0.6) is 0 Å². The number of carbonyl (C=O) groups excluding carboxylic acids is 1. The van der Waals surface area contributed by atoms with E-state index in [4.69, 9.17) is 9.84 Å². The lowest BCUT2D eigenvalue weighted by atomic mass is 9.63. The molecule has 3 rings (SSSR count). The summed E-state index contributed by atoms with van der Waals surface area (Å²) < 4.78 is 32.8. The molecule has 0 spiro atoms. The molecule has 1 saturated heterocycles. The maximum absolute atomic E-state index is 14.2. The maximum atomic E-state index is 14.2. The molecular weight excluding hydrogens is 320 g/mol. The van der Waals surface area contributed by atoms with Crippen molar-refractivity contribution in [2.75, 3.05) is 13.1 Å². The van der Waals surface area contributed by atoms with E-state index < -0.39 is 35.2 Å². The molecule has 5 nitrogen and oxygen atoms in total. The Morgan fingerprint density at radius 1 is 1.29 bits per heavy atom. The average molecular weight is 339 g/mol. The minimum atomic E-state index is -1.13. The van der Waals surface area contributed by atoms with Crippen LogP contribution >= 0.6 is 0 Å². The van der Waals surface area contributed by atoms with E-state index >= 15 is 0 Å². The first kappa shape index (κ1) is 16.8. The van der Waals surface area contributed by atoms with Gasteiger partial charge in [-0.05, 0) is 25.8 Å². The number of carboxylic acid groups (broad SMARTS) is 1. The smallest absolute Gasteiger partial charge is 0.334 e. The Labute approximate surface area is 138 Å². The van der Waals surface area contributed by atoms with E-state index in [1.807, 2.05) is 0 Å². The van der Waals surface area contributed by atoms with E-state index in [0.29, 0.717) is 12.8 Å². The topological polar surface area (TPSA) is 66.8 Å². The van der Waals surface area contributed by atoms with E-state index in [9.17, 15) is 18.4 Å². The molecule has 1 aromatic rings. The number of benzene rings is 1. The van der Waals surface area contributed by atoms with Crippen molar-refractivity contribution >= 4 is 11.9 Å². The number of hydrogen-bond acceptors (Lipinski definition) is 3. The fourth-order valence-electron chi connectivity index (χ4n) is 3.56. The van der Waals surface area contributed by atoms with Gasteiger partial charge in [-0.1, -0.05) is 12.5 Å². The fourth-order valence-corrected chi connectivity index (χ4v) is 3.56. The molecule has 0 bridgehead atoms. The van der Waals surface area contributed by atoms with Crippen LogP contribution < -0.4 is 0 Å². The van der Waals surface area contributed by atoms with Crippen LogP contribution in [0.1, 0.15) is 31.7 Å². The molecule has 1 N–H and O–H groups in total. The summed E-state index contributed by atoms with van der Waals surface area (Å²) in [6.45, 7) is 1.89. The van der Waals surface area contributed by atoms with Crippen LogP contribution in [0.3, 0.4) is 0 Å². The second-order valence-electron chi connectivity index (χ2n) is 6.54. The highest BCUT2D eigenvalue weighted by Crippen LogP contribution is 2.46. The summed E-state index contributed by atoms with van der Waals surface area (Å²) in [6, 6.07) is 3.25. The highest BCUT2D eigenvalue weighted by molar-refractivity contribution is 5.90. The zero-order valence-electron chi connectivity index (χ0n) is 13.3. The second kappa shape index (κ2) is 6.12. The van der Waals surface area contributed by atoms with E-state index in [-0.39, 0.29) is 24.6 Å². The van der Waals surface area contributed by atoms with Crippen molar-refractivity contribution in [1.29, 1.82) is 0 Å². The molecule has 1 heterocycles. The van der Waals surface area contributed by atoms with Gasteiger partial charge in [-0.25, -0.2) is 13.6 Å². The van der Waals surface area contributed by atoms with Gasteiger partial charge in [0.1, 0.15) is 11.6 Å². The minimum absolute atomic E-state index is 0.0664. The van der Waals surface area contributed by atoms with Gasteiger partial charge in [0.25, 0.3) is 0 Å². The summed E-state index contributed by atoms with van der Waals surface area (Å²) in [5, 5.41) is 9.16. The van der Waals surface area contributed by atoms with Gasteiger partial charge < -0.3 is 14.7 Å². The van der Waals surface area contributed by atoms with Gasteiger partial charge in [0.2, 0.25) is 5.91 Å². The van der Waals surface area contributed by atoms with E-state index in [2.05, 4.69) is 0 Å². The van der Waals surface area contributed by atoms with E-state index in [0.717, 1.165) is 18.6 Å². The summed E-state index contributed by atoms with van der Waals surface area (Å²) >= 11 is 0. The molecule has 1 aliphatic heterocycles. The van der Waals surface area contributed by atoms with Crippen molar-refractivity contribution in [3.63, 3.8) is 0 Å². The Balaban J connectivity index is 1.90. The standard InChI is InChI=1S/C17H19F2NO4/c1-10-8-20(9-14(24-10)15(21)22)16(23)17(5-2-6-17)12-4-3-11(18)7-13(12)19/h3-4,7,10,14H,2,5-6,8-9H2,1H3,(H,21,22)/t10-,14?/m1/s1. The Hall–Kier alpha value is -2.02. The van der Waals surface area contributed by atoms with E-state index in [1.165, 1.54) is 11.0 Å². The molecule has 0 radical (unpaired) electrons. The lowest BCUT2D eigenvalue weighted by Crippen LogP contribution is -2.58. The first-order valence-electron chi connectivity index (χ1n) is 7.96. The van der Waals surface area contributed by atoms with Crippen LogP contribution in [0.2, 0.25) is 0 Å². The number of carbonyl (C=O) groups is 2. The van der Waals surface area contributed by atoms with Crippen LogP contribution in [-0.4, -0.2) is 47.2 Å². The van der Waals surface area contributed by atoms with E-state index in [1.54, 1.807) is 6.92 Å². The third kappa shape index (κ3) is 2.77. The Morgan fingerprint density at radius 2 is 2.00 bits per heavy atom. The molecule has 7 heteroatoms. The molecule has 2 fully saturated rings. The van der Waals surface area contributed by atoms with Gasteiger partial charge in [-0.3, -0.25) is 4.79 Å². The lowest BCUT2D eigenvalue weighted by Gasteiger charge is -2.46. The summed E-state index contributed by atoms with van der Waals surface area (Å²) in [5.74, 6) is -2.86. The lowest BCUT2D eigenvalue weighted by molar-refractivity contribution is -0.169. The molecule has 1 unspecified atom stereocenters. The van der Waals surface area contributed by atoms with Gasteiger partial charge >= 0.3 is 5.97 Å². The maximum Gasteiger partial charge on any atom is 0.334 e. The van der Waals surface area contributed by atoms with Crippen LogP contribution in [0.15, 0.2) is 18.2 Å². The highest BCUT2D eigenvalue weighted by atomic mass is 19.1. The molecule has 24 heavy (non-hydrogen) atoms. The van der Waals surface area contributed by atoms with Crippen molar-refractivity contribution in [2.24, 2.45) is 0 Å². The third-order valence-electron chi connectivity index (χ3n) is 4.89. The highest BCUT2D eigenvalue weighted by Gasteiger charge is 2.50. The quantitative estimate of drug-likeness (QED) is 0.916. The zero-order valence-corrected chi connectivity index (χ0v) is 13.3. The molecule has 1 saturated carbocycles. The molecular formula is C17H19F2NO4. The molecule has 2 aliphatic rings. The predicted octanol–water partition coefficient (Wildman–Crippen LogP) is 2.09. The fraction of sp³-hybridized carbons (Fsp3) is 0.529. The Bertz CT molecular complexity index is 675. The number of rotatable bonds is 3. The largest absolute Gasteiger partial charge is 0.479 e. The number of aliphatic carboxylic acids is 1. The Kier molecular flexibility index (Phi) is 4.29. The number of amides is 1. The second-order valence-corrected chi connectivity index (χ2v) is 6.54. The van der Waals surface area contributed by atoms with Gasteiger partial charge in [-0.2, -0.15) is 0 Å². The summed E-state index contributed by atoms with van der Waals surface area (Å²) in [5.41, 5.74) is -0.844.